The molecule has 31 heavy (non-hydrogen) atoms. The number of nitrogens with zero attached hydrogens (tertiary/aromatic N) is 4. The number of amides is 1. The highest BCUT2D eigenvalue weighted by molar-refractivity contribution is 6.32. The van der Waals surface area contributed by atoms with Crippen molar-refractivity contribution >= 4 is 29.1 Å². The summed E-state index contributed by atoms with van der Waals surface area (Å²) in [6.07, 6.45) is 1.74. The Morgan fingerprint density at radius 2 is 1.81 bits per heavy atom. The van der Waals surface area contributed by atoms with Crippen LogP contribution >= 0.6 is 23.2 Å². The molecule has 2 heterocycles. The third kappa shape index (κ3) is 5.39. The first-order valence-electron chi connectivity index (χ1n) is 10.2. The molecule has 0 aliphatic carbocycles. The maximum absolute atomic E-state index is 12.9. The van der Waals surface area contributed by atoms with Crippen molar-refractivity contribution in [2.75, 3.05) is 26.2 Å². The standard InChI is InChI=1S/C23H24Cl2N4O2/c1-17-6-7-20(25)22(14-17)31-16-29-9-8-21(26-29)23(30)28-12-10-27(11-13-28)15-18-4-2-3-5-19(18)24/h2-9,14H,10-13,15-16H2,1H3. The van der Waals surface area contributed by atoms with Crippen molar-refractivity contribution in [2.45, 2.75) is 20.2 Å². The summed E-state index contributed by atoms with van der Waals surface area (Å²) < 4.78 is 7.35. The number of halogens is 2. The van der Waals surface area contributed by atoms with Gasteiger partial charge in [0.1, 0.15) is 5.75 Å². The van der Waals surface area contributed by atoms with Crippen LogP contribution < -0.4 is 4.74 Å². The Hall–Kier alpha value is -2.54. The van der Waals surface area contributed by atoms with Crippen LogP contribution in [0.2, 0.25) is 10.0 Å². The van der Waals surface area contributed by atoms with Crippen molar-refractivity contribution < 1.29 is 9.53 Å². The van der Waals surface area contributed by atoms with Gasteiger partial charge in [-0.2, -0.15) is 5.10 Å². The molecule has 0 N–H and O–H groups in total. The molecule has 0 bridgehead atoms. The third-order valence-corrected chi connectivity index (χ3v) is 5.99. The van der Waals surface area contributed by atoms with Crippen LogP contribution in [0.3, 0.4) is 0 Å². The minimum Gasteiger partial charge on any atom is -0.470 e. The van der Waals surface area contributed by atoms with Gasteiger partial charge in [-0.15, -0.1) is 0 Å². The molecule has 1 aliphatic rings. The Balaban J connectivity index is 1.30. The number of ether oxygens (including phenoxy) is 1. The van der Waals surface area contributed by atoms with Gasteiger partial charge in [0.2, 0.25) is 0 Å². The van der Waals surface area contributed by atoms with E-state index in [0.717, 1.165) is 35.8 Å². The molecule has 0 unspecified atom stereocenters. The zero-order chi connectivity index (χ0) is 21.8. The molecule has 1 fully saturated rings. The third-order valence-electron chi connectivity index (χ3n) is 5.31. The molecule has 162 valence electrons. The van der Waals surface area contributed by atoms with Gasteiger partial charge in [-0.1, -0.05) is 47.5 Å². The van der Waals surface area contributed by atoms with Crippen LogP contribution in [0.1, 0.15) is 21.6 Å². The van der Waals surface area contributed by atoms with Gasteiger partial charge < -0.3 is 9.64 Å². The van der Waals surface area contributed by atoms with E-state index in [1.807, 2.05) is 48.2 Å². The molecule has 2 aromatic carbocycles. The van der Waals surface area contributed by atoms with Crippen LogP contribution in [0.25, 0.3) is 0 Å². The zero-order valence-electron chi connectivity index (χ0n) is 17.3. The molecule has 8 heteroatoms. The fourth-order valence-electron chi connectivity index (χ4n) is 3.54. The Morgan fingerprint density at radius 3 is 2.58 bits per heavy atom. The Kier molecular flexibility index (Phi) is 6.80. The highest BCUT2D eigenvalue weighted by Gasteiger charge is 2.24. The monoisotopic (exact) mass is 458 g/mol. The predicted molar refractivity (Wildman–Crippen MR) is 122 cm³/mol. The van der Waals surface area contributed by atoms with Gasteiger partial charge >= 0.3 is 0 Å². The summed E-state index contributed by atoms with van der Waals surface area (Å²) in [6, 6.07) is 15.2. The van der Waals surface area contributed by atoms with E-state index in [0.29, 0.717) is 29.6 Å². The highest BCUT2D eigenvalue weighted by atomic mass is 35.5. The molecule has 1 aliphatic heterocycles. The van der Waals surface area contributed by atoms with E-state index in [2.05, 4.69) is 10.00 Å². The van der Waals surface area contributed by atoms with Crippen molar-refractivity contribution in [3.63, 3.8) is 0 Å². The van der Waals surface area contributed by atoms with E-state index in [-0.39, 0.29) is 12.6 Å². The van der Waals surface area contributed by atoms with Gasteiger partial charge in [0.05, 0.1) is 5.02 Å². The zero-order valence-corrected chi connectivity index (χ0v) is 18.8. The Morgan fingerprint density at radius 1 is 1.03 bits per heavy atom. The maximum Gasteiger partial charge on any atom is 0.274 e. The van der Waals surface area contributed by atoms with Crippen LogP contribution in [0.4, 0.5) is 0 Å². The molecule has 3 aromatic rings. The molecule has 0 atom stereocenters. The largest absolute Gasteiger partial charge is 0.470 e. The maximum atomic E-state index is 12.9. The lowest BCUT2D eigenvalue weighted by atomic mass is 10.2. The second-order valence-corrected chi connectivity index (χ2v) is 8.42. The molecule has 4 rings (SSSR count). The van der Waals surface area contributed by atoms with Crippen molar-refractivity contribution in [2.24, 2.45) is 0 Å². The Labute approximate surface area is 191 Å². The van der Waals surface area contributed by atoms with Gasteiger partial charge in [-0.05, 0) is 42.3 Å². The first-order chi connectivity index (χ1) is 15.0. The molecule has 0 radical (unpaired) electrons. The van der Waals surface area contributed by atoms with E-state index < -0.39 is 0 Å². The first-order valence-corrected chi connectivity index (χ1v) is 10.9. The van der Waals surface area contributed by atoms with E-state index in [1.54, 1.807) is 23.0 Å². The molecule has 6 nitrogen and oxygen atoms in total. The molecule has 1 amide bonds. The number of aryl methyl sites for hydroxylation is 1. The van der Waals surface area contributed by atoms with E-state index in [1.165, 1.54) is 0 Å². The van der Waals surface area contributed by atoms with Crippen molar-refractivity contribution in [1.82, 2.24) is 19.6 Å². The predicted octanol–water partition coefficient (Wildman–Crippen LogP) is 4.49. The number of aromatic nitrogens is 2. The molecule has 0 saturated carbocycles. The SMILES string of the molecule is Cc1ccc(Cl)c(OCn2ccc(C(=O)N3CCN(Cc4ccccc4Cl)CC3)n2)c1. The molecule has 1 saturated heterocycles. The number of hydrogen-bond donors (Lipinski definition) is 0. The fourth-order valence-corrected chi connectivity index (χ4v) is 3.91. The molecular weight excluding hydrogens is 435 g/mol. The van der Waals surface area contributed by atoms with E-state index in [4.69, 9.17) is 27.9 Å². The van der Waals surface area contributed by atoms with Crippen LogP contribution in [0.15, 0.2) is 54.7 Å². The fraction of sp³-hybridized carbons (Fsp3) is 0.304. The minimum absolute atomic E-state index is 0.0651. The van der Waals surface area contributed by atoms with Crippen molar-refractivity contribution in [3.05, 3.63) is 81.6 Å². The van der Waals surface area contributed by atoms with Crippen LogP contribution in [-0.4, -0.2) is 51.7 Å². The van der Waals surface area contributed by atoms with Gasteiger partial charge in [0.25, 0.3) is 5.91 Å². The quantitative estimate of drug-likeness (QED) is 0.545. The lowest BCUT2D eigenvalue weighted by Gasteiger charge is -2.34. The lowest BCUT2D eigenvalue weighted by Crippen LogP contribution is -2.48. The topological polar surface area (TPSA) is 50.6 Å². The smallest absolute Gasteiger partial charge is 0.274 e. The number of carbonyl (C=O) groups is 1. The summed E-state index contributed by atoms with van der Waals surface area (Å²) >= 11 is 12.4. The van der Waals surface area contributed by atoms with Crippen LogP contribution in [0.5, 0.6) is 5.75 Å². The summed E-state index contributed by atoms with van der Waals surface area (Å²) in [7, 11) is 0. The van der Waals surface area contributed by atoms with Gasteiger partial charge in [-0.3, -0.25) is 9.69 Å². The van der Waals surface area contributed by atoms with Crippen molar-refractivity contribution in [3.8, 4) is 5.75 Å². The average Bonchev–Trinajstić information content (AvgIpc) is 3.25. The molecule has 1 aromatic heterocycles. The average molecular weight is 459 g/mol. The first kappa shape index (κ1) is 21.7. The van der Waals surface area contributed by atoms with Gasteiger partial charge in [-0.25, -0.2) is 4.68 Å². The highest BCUT2D eigenvalue weighted by Crippen LogP contribution is 2.25. The van der Waals surface area contributed by atoms with E-state index in [9.17, 15) is 4.79 Å². The summed E-state index contributed by atoms with van der Waals surface area (Å²) in [5, 5.41) is 5.70. The van der Waals surface area contributed by atoms with E-state index >= 15 is 0 Å². The summed E-state index contributed by atoms with van der Waals surface area (Å²) in [5.41, 5.74) is 2.58. The normalized spacial score (nSPS) is 14.6. The summed E-state index contributed by atoms with van der Waals surface area (Å²) in [6.45, 7) is 5.86. The lowest BCUT2D eigenvalue weighted by molar-refractivity contribution is 0.0621. The Bertz CT molecular complexity index is 1060. The number of carbonyl (C=O) groups excluding carboxylic acids is 1. The van der Waals surface area contributed by atoms with Crippen LogP contribution in [-0.2, 0) is 13.3 Å². The van der Waals surface area contributed by atoms with Crippen LogP contribution in [0, 0.1) is 6.92 Å². The second-order valence-electron chi connectivity index (χ2n) is 7.61. The second kappa shape index (κ2) is 9.73. The molecule has 0 spiro atoms. The number of rotatable bonds is 6. The summed E-state index contributed by atoms with van der Waals surface area (Å²) in [5.74, 6) is 0.532. The molecular formula is C23H24Cl2N4O2. The van der Waals surface area contributed by atoms with Gasteiger partial charge in [0.15, 0.2) is 12.4 Å². The number of piperazine rings is 1. The van der Waals surface area contributed by atoms with Gasteiger partial charge in [0, 0.05) is 43.9 Å². The summed E-state index contributed by atoms with van der Waals surface area (Å²) in [4.78, 5) is 17.0. The number of benzene rings is 2. The minimum atomic E-state index is -0.0651. The number of hydrogen-bond acceptors (Lipinski definition) is 4. The van der Waals surface area contributed by atoms with Crippen molar-refractivity contribution in [1.29, 1.82) is 0 Å².